The zero-order chi connectivity index (χ0) is 9.19. The van der Waals surface area contributed by atoms with Crippen LogP contribution in [0.3, 0.4) is 0 Å². The summed E-state index contributed by atoms with van der Waals surface area (Å²) in [5, 5.41) is 0.966. The van der Waals surface area contributed by atoms with Gasteiger partial charge in [-0.05, 0) is 33.6 Å². The molecule has 0 aromatic carbocycles. The molecule has 0 aliphatic carbocycles. The molecule has 0 N–H and O–H groups in total. The number of alkyl halides is 1. The van der Waals surface area contributed by atoms with E-state index in [2.05, 4.69) is 42.8 Å². The largest absolute Gasteiger partial charge is 0.367 e. The van der Waals surface area contributed by atoms with Crippen LogP contribution < -0.4 is 0 Å². The average molecular weight is 233 g/mol. The standard InChI is InChI=1S/C10H17BrO/c1-8(6-7-11)4-5-9-10(2,3)12-9/h6,9H,4-5,7H2,1-3H3/b8-6+/t9-/m0/s1. The van der Waals surface area contributed by atoms with Gasteiger partial charge in [0.2, 0.25) is 0 Å². The number of halogens is 1. The molecule has 0 unspecified atom stereocenters. The zero-order valence-electron chi connectivity index (χ0n) is 8.06. The second kappa shape index (κ2) is 3.93. The van der Waals surface area contributed by atoms with E-state index in [-0.39, 0.29) is 5.60 Å². The molecule has 1 aliphatic heterocycles. The molecule has 1 aliphatic rings. The van der Waals surface area contributed by atoms with Gasteiger partial charge < -0.3 is 4.74 Å². The number of hydrogen-bond donors (Lipinski definition) is 0. The van der Waals surface area contributed by atoms with Crippen LogP contribution in [-0.4, -0.2) is 17.0 Å². The lowest BCUT2D eigenvalue weighted by atomic mass is 10.0. The minimum atomic E-state index is 0.161. The molecule has 12 heavy (non-hydrogen) atoms. The van der Waals surface area contributed by atoms with Crippen molar-refractivity contribution in [3.05, 3.63) is 11.6 Å². The number of allylic oxidation sites excluding steroid dienone is 2. The van der Waals surface area contributed by atoms with Gasteiger partial charge in [0, 0.05) is 5.33 Å². The summed E-state index contributed by atoms with van der Waals surface area (Å²) < 4.78 is 5.49. The van der Waals surface area contributed by atoms with E-state index in [4.69, 9.17) is 4.74 Å². The first-order valence-corrected chi connectivity index (χ1v) is 5.58. The highest BCUT2D eigenvalue weighted by atomic mass is 79.9. The third-order valence-corrected chi connectivity index (χ3v) is 2.71. The van der Waals surface area contributed by atoms with Gasteiger partial charge in [0.25, 0.3) is 0 Å². The van der Waals surface area contributed by atoms with Gasteiger partial charge in [0.05, 0.1) is 11.7 Å². The summed E-state index contributed by atoms with van der Waals surface area (Å²) in [7, 11) is 0. The van der Waals surface area contributed by atoms with E-state index < -0.39 is 0 Å². The lowest BCUT2D eigenvalue weighted by Gasteiger charge is -1.98. The Balaban J connectivity index is 2.15. The quantitative estimate of drug-likeness (QED) is 0.412. The van der Waals surface area contributed by atoms with E-state index in [0.29, 0.717) is 6.10 Å². The van der Waals surface area contributed by atoms with Gasteiger partial charge in [0.15, 0.2) is 0 Å². The van der Waals surface area contributed by atoms with Gasteiger partial charge in [0.1, 0.15) is 0 Å². The number of hydrogen-bond acceptors (Lipinski definition) is 1. The van der Waals surface area contributed by atoms with Crippen LogP contribution in [0.2, 0.25) is 0 Å². The van der Waals surface area contributed by atoms with Crippen molar-refractivity contribution in [2.45, 2.75) is 45.3 Å². The fourth-order valence-electron chi connectivity index (χ4n) is 1.33. The van der Waals surface area contributed by atoms with Crippen molar-refractivity contribution in [1.82, 2.24) is 0 Å². The molecule has 1 rings (SSSR count). The Morgan fingerprint density at radius 3 is 2.58 bits per heavy atom. The molecule has 0 bridgehead atoms. The summed E-state index contributed by atoms with van der Waals surface area (Å²) in [5.74, 6) is 0. The average Bonchev–Trinajstić information content (AvgIpc) is 2.56. The number of ether oxygens (including phenoxy) is 1. The SMILES string of the molecule is C/C(=C\CBr)CC[C@@H]1OC1(C)C. The first kappa shape index (κ1) is 10.3. The summed E-state index contributed by atoms with van der Waals surface area (Å²) in [5.41, 5.74) is 1.62. The molecular formula is C10H17BrO. The molecule has 0 amide bonds. The van der Waals surface area contributed by atoms with Crippen LogP contribution in [0.4, 0.5) is 0 Å². The smallest absolute Gasteiger partial charge is 0.0892 e. The van der Waals surface area contributed by atoms with Gasteiger partial charge in [-0.15, -0.1) is 0 Å². The first-order chi connectivity index (χ1) is 5.56. The fourth-order valence-corrected chi connectivity index (χ4v) is 1.88. The topological polar surface area (TPSA) is 12.5 Å². The van der Waals surface area contributed by atoms with Crippen LogP contribution in [0.15, 0.2) is 11.6 Å². The summed E-state index contributed by atoms with van der Waals surface area (Å²) in [6, 6.07) is 0. The summed E-state index contributed by atoms with van der Waals surface area (Å²) in [6.45, 7) is 6.49. The maximum atomic E-state index is 5.49. The fraction of sp³-hybridized carbons (Fsp3) is 0.800. The minimum Gasteiger partial charge on any atom is -0.367 e. The highest BCUT2D eigenvalue weighted by Crippen LogP contribution is 2.38. The Hall–Kier alpha value is 0.180. The van der Waals surface area contributed by atoms with Crippen molar-refractivity contribution in [1.29, 1.82) is 0 Å². The number of rotatable bonds is 4. The van der Waals surface area contributed by atoms with Crippen molar-refractivity contribution >= 4 is 15.9 Å². The first-order valence-electron chi connectivity index (χ1n) is 4.45. The van der Waals surface area contributed by atoms with E-state index >= 15 is 0 Å². The molecule has 0 saturated carbocycles. The Kier molecular flexibility index (Phi) is 3.36. The van der Waals surface area contributed by atoms with Gasteiger partial charge in [-0.25, -0.2) is 0 Å². The third kappa shape index (κ3) is 2.91. The molecule has 2 heteroatoms. The molecule has 0 aromatic heterocycles. The van der Waals surface area contributed by atoms with Gasteiger partial charge >= 0.3 is 0 Å². The van der Waals surface area contributed by atoms with Crippen LogP contribution >= 0.6 is 15.9 Å². The lowest BCUT2D eigenvalue weighted by Crippen LogP contribution is -2.02. The van der Waals surface area contributed by atoms with E-state index in [1.807, 2.05) is 0 Å². The zero-order valence-corrected chi connectivity index (χ0v) is 9.65. The van der Waals surface area contributed by atoms with Crippen molar-refractivity contribution in [3.8, 4) is 0 Å². The normalized spacial score (nSPS) is 27.3. The molecule has 0 spiro atoms. The predicted octanol–water partition coefficient (Wildman–Crippen LogP) is 3.29. The second-order valence-electron chi connectivity index (χ2n) is 3.95. The lowest BCUT2D eigenvalue weighted by molar-refractivity contribution is 0.320. The van der Waals surface area contributed by atoms with Gasteiger partial charge in [-0.1, -0.05) is 27.6 Å². The maximum Gasteiger partial charge on any atom is 0.0892 e. The number of epoxide rings is 1. The van der Waals surface area contributed by atoms with Crippen molar-refractivity contribution in [2.75, 3.05) is 5.33 Å². The van der Waals surface area contributed by atoms with Crippen molar-refractivity contribution in [2.24, 2.45) is 0 Å². The summed E-state index contributed by atoms with van der Waals surface area (Å²) in [4.78, 5) is 0. The van der Waals surface area contributed by atoms with Gasteiger partial charge in [-0.2, -0.15) is 0 Å². The van der Waals surface area contributed by atoms with E-state index in [1.165, 1.54) is 18.4 Å². The molecule has 1 saturated heterocycles. The monoisotopic (exact) mass is 232 g/mol. The predicted molar refractivity (Wildman–Crippen MR) is 55.7 cm³/mol. The van der Waals surface area contributed by atoms with Crippen molar-refractivity contribution < 1.29 is 4.74 Å². The van der Waals surface area contributed by atoms with E-state index in [0.717, 1.165) is 5.33 Å². The minimum absolute atomic E-state index is 0.161. The highest BCUT2D eigenvalue weighted by molar-refractivity contribution is 9.09. The molecule has 1 heterocycles. The van der Waals surface area contributed by atoms with Crippen LogP contribution in [0.1, 0.15) is 33.6 Å². The third-order valence-electron chi connectivity index (χ3n) is 2.39. The molecule has 0 aromatic rings. The summed E-state index contributed by atoms with van der Waals surface area (Å²) >= 11 is 3.39. The molecule has 70 valence electrons. The highest BCUT2D eigenvalue weighted by Gasteiger charge is 2.46. The van der Waals surface area contributed by atoms with E-state index in [9.17, 15) is 0 Å². The Morgan fingerprint density at radius 1 is 1.58 bits per heavy atom. The van der Waals surface area contributed by atoms with Crippen LogP contribution in [0, 0.1) is 0 Å². The maximum absolute atomic E-state index is 5.49. The van der Waals surface area contributed by atoms with Crippen molar-refractivity contribution in [3.63, 3.8) is 0 Å². The Bertz CT molecular complexity index is 184. The Morgan fingerprint density at radius 2 is 2.17 bits per heavy atom. The summed E-state index contributed by atoms with van der Waals surface area (Å²) in [6.07, 6.45) is 5.05. The molecule has 1 nitrogen and oxygen atoms in total. The molecule has 1 fully saturated rings. The van der Waals surface area contributed by atoms with Crippen LogP contribution in [0.5, 0.6) is 0 Å². The molecule has 1 atom stereocenters. The van der Waals surface area contributed by atoms with Gasteiger partial charge in [-0.3, -0.25) is 0 Å². The van der Waals surface area contributed by atoms with E-state index in [1.54, 1.807) is 0 Å². The van der Waals surface area contributed by atoms with Crippen LogP contribution in [-0.2, 0) is 4.74 Å². The van der Waals surface area contributed by atoms with Crippen LogP contribution in [0.25, 0.3) is 0 Å². The second-order valence-corrected chi connectivity index (χ2v) is 4.60. The molecule has 0 radical (unpaired) electrons. The Labute approximate surface area is 83.3 Å². The molecular weight excluding hydrogens is 216 g/mol.